The summed E-state index contributed by atoms with van der Waals surface area (Å²) in [7, 11) is 0. The number of hydrogen-bond donors (Lipinski definition) is 1. The van der Waals surface area contributed by atoms with E-state index in [4.69, 9.17) is 5.11 Å². The Morgan fingerprint density at radius 1 is 1.42 bits per heavy atom. The van der Waals surface area contributed by atoms with Crippen molar-refractivity contribution >= 4 is 5.97 Å². The van der Waals surface area contributed by atoms with Gasteiger partial charge in [-0.05, 0) is 43.4 Å². The SMILES string of the molecule is O=C(O)CC1CCCC2(CC2)C1. The lowest BCUT2D eigenvalue weighted by Gasteiger charge is -2.27. The molecule has 0 aromatic carbocycles. The summed E-state index contributed by atoms with van der Waals surface area (Å²) in [6.45, 7) is 0. The van der Waals surface area contributed by atoms with E-state index in [-0.39, 0.29) is 0 Å². The maximum atomic E-state index is 10.5. The van der Waals surface area contributed by atoms with Crippen LogP contribution in [0, 0.1) is 11.3 Å². The summed E-state index contributed by atoms with van der Waals surface area (Å²) in [5, 5.41) is 8.66. The Kier molecular flexibility index (Phi) is 1.85. The number of carboxylic acid groups (broad SMARTS) is 1. The normalized spacial score (nSPS) is 31.8. The van der Waals surface area contributed by atoms with Crippen LogP contribution in [0.4, 0.5) is 0 Å². The molecule has 12 heavy (non-hydrogen) atoms. The van der Waals surface area contributed by atoms with Gasteiger partial charge < -0.3 is 5.11 Å². The topological polar surface area (TPSA) is 37.3 Å². The smallest absolute Gasteiger partial charge is 0.303 e. The molecule has 0 amide bonds. The summed E-state index contributed by atoms with van der Waals surface area (Å²) < 4.78 is 0. The molecule has 2 nitrogen and oxygen atoms in total. The van der Waals surface area contributed by atoms with E-state index in [9.17, 15) is 4.79 Å². The molecule has 0 aromatic rings. The molecule has 68 valence electrons. The third-order valence-electron chi connectivity index (χ3n) is 3.46. The van der Waals surface area contributed by atoms with Crippen LogP contribution in [-0.2, 0) is 4.79 Å². The van der Waals surface area contributed by atoms with Gasteiger partial charge in [0.1, 0.15) is 0 Å². The Hall–Kier alpha value is -0.530. The molecule has 2 rings (SSSR count). The summed E-state index contributed by atoms with van der Waals surface area (Å²) >= 11 is 0. The van der Waals surface area contributed by atoms with Crippen molar-refractivity contribution in [1.29, 1.82) is 0 Å². The fraction of sp³-hybridized carbons (Fsp3) is 0.900. The minimum atomic E-state index is -0.613. The first kappa shape index (κ1) is 8.09. The molecule has 0 aromatic heterocycles. The van der Waals surface area contributed by atoms with Gasteiger partial charge in [0.25, 0.3) is 0 Å². The first-order chi connectivity index (χ1) is 5.70. The van der Waals surface area contributed by atoms with Crippen molar-refractivity contribution in [3.05, 3.63) is 0 Å². The van der Waals surface area contributed by atoms with Crippen LogP contribution in [-0.4, -0.2) is 11.1 Å². The maximum Gasteiger partial charge on any atom is 0.303 e. The lowest BCUT2D eigenvalue weighted by atomic mass is 9.78. The van der Waals surface area contributed by atoms with Crippen LogP contribution in [0.2, 0.25) is 0 Å². The average molecular weight is 168 g/mol. The molecule has 0 aliphatic heterocycles. The molecule has 0 heterocycles. The van der Waals surface area contributed by atoms with Gasteiger partial charge in [-0.2, -0.15) is 0 Å². The summed E-state index contributed by atoms with van der Waals surface area (Å²) in [5.74, 6) is -0.128. The summed E-state index contributed by atoms with van der Waals surface area (Å²) in [6.07, 6.45) is 8.10. The predicted octanol–water partition coefficient (Wildman–Crippen LogP) is 2.43. The van der Waals surface area contributed by atoms with Gasteiger partial charge in [-0.15, -0.1) is 0 Å². The molecule has 2 saturated carbocycles. The second-order valence-electron chi connectivity index (χ2n) is 4.56. The van der Waals surface area contributed by atoms with Crippen molar-refractivity contribution < 1.29 is 9.90 Å². The van der Waals surface area contributed by atoms with E-state index in [1.807, 2.05) is 0 Å². The second kappa shape index (κ2) is 2.75. The largest absolute Gasteiger partial charge is 0.481 e. The molecule has 1 unspecified atom stereocenters. The first-order valence-corrected chi connectivity index (χ1v) is 4.92. The van der Waals surface area contributed by atoms with Crippen molar-refractivity contribution in [3.8, 4) is 0 Å². The molecule has 2 aliphatic rings. The molecule has 1 spiro atoms. The quantitative estimate of drug-likeness (QED) is 0.687. The van der Waals surface area contributed by atoms with Gasteiger partial charge in [0.05, 0.1) is 0 Å². The second-order valence-corrected chi connectivity index (χ2v) is 4.56. The number of carbonyl (C=O) groups is 1. The van der Waals surface area contributed by atoms with Gasteiger partial charge in [0, 0.05) is 6.42 Å². The van der Waals surface area contributed by atoms with Crippen molar-refractivity contribution in [2.45, 2.75) is 44.9 Å². The number of aliphatic carboxylic acids is 1. The van der Waals surface area contributed by atoms with Crippen molar-refractivity contribution in [3.63, 3.8) is 0 Å². The number of carboxylic acids is 1. The molecule has 2 aliphatic carbocycles. The van der Waals surface area contributed by atoms with Crippen molar-refractivity contribution in [2.75, 3.05) is 0 Å². The van der Waals surface area contributed by atoms with Crippen LogP contribution in [0.1, 0.15) is 44.9 Å². The van der Waals surface area contributed by atoms with Crippen LogP contribution >= 0.6 is 0 Å². The molecule has 2 heteroatoms. The van der Waals surface area contributed by atoms with Crippen LogP contribution in [0.3, 0.4) is 0 Å². The van der Waals surface area contributed by atoms with E-state index < -0.39 is 5.97 Å². The Morgan fingerprint density at radius 2 is 2.17 bits per heavy atom. The fourth-order valence-electron chi connectivity index (χ4n) is 2.63. The van der Waals surface area contributed by atoms with E-state index in [1.54, 1.807) is 0 Å². The highest BCUT2D eigenvalue weighted by molar-refractivity contribution is 5.67. The molecule has 1 atom stereocenters. The Morgan fingerprint density at radius 3 is 2.75 bits per heavy atom. The van der Waals surface area contributed by atoms with Crippen molar-refractivity contribution in [1.82, 2.24) is 0 Å². The first-order valence-electron chi connectivity index (χ1n) is 4.92. The summed E-state index contributed by atoms with van der Waals surface area (Å²) in [6, 6.07) is 0. The summed E-state index contributed by atoms with van der Waals surface area (Å²) in [5.41, 5.74) is 0.623. The number of rotatable bonds is 2. The highest BCUT2D eigenvalue weighted by atomic mass is 16.4. The summed E-state index contributed by atoms with van der Waals surface area (Å²) in [4.78, 5) is 10.5. The van der Waals surface area contributed by atoms with Crippen molar-refractivity contribution in [2.24, 2.45) is 11.3 Å². The van der Waals surface area contributed by atoms with Gasteiger partial charge >= 0.3 is 5.97 Å². The van der Waals surface area contributed by atoms with E-state index in [0.29, 0.717) is 17.8 Å². The Labute approximate surface area is 73.0 Å². The molecular formula is C10H16O2. The lowest BCUT2D eigenvalue weighted by molar-refractivity contribution is -0.138. The molecule has 2 fully saturated rings. The highest BCUT2D eigenvalue weighted by Gasteiger charge is 2.45. The highest BCUT2D eigenvalue weighted by Crippen LogP contribution is 2.57. The Bertz CT molecular complexity index is 194. The van der Waals surface area contributed by atoms with E-state index >= 15 is 0 Å². The minimum absolute atomic E-state index is 0.405. The maximum absolute atomic E-state index is 10.5. The van der Waals surface area contributed by atoms with Crippen LogP contribution in [0.15, 0.2) is 0 Å². The van der Waals surface area contributed by atoms with Crippen LogP contribution in [0.25, 0.3) is 0 Å². The van der Waals surface area contributed by atoms with E-state index in [1.165, 1.54) is 32.1 Å². The van der Waals surface area contributed by atoms with Gasteiger partial charge in [0.2, 0.25) is 0 Å². The Balaban J connectivity index is 1.86. The number of hydrogen-bond acceptors (Lipinski definition) is 1. The molecule has 0 radical (unpaired) electrons. The minimum Gasteiger partial charge on any atom is -0.481 e. The fourth-order valence-corrected chi connectivity index (χ4v) is 2.63. The standard InChI is InChI=1S/C10H16O2/c11-9(12)6-8-2-1-3-10(7-8)4-5-10/h8H,1-7H2,(H,11,12). The van der Waals surface area contributed by atoms with Crippen LogP contribution < -0.4 is 0 Å². The van der Waals surface area contributed by atoms with Gasteiger partial charge in [0.15, 0.2) is 0 Å². The third kappa shape index (κ3) is 1.62. The molecule has 0 saturated heterocycles. The van der Waals surface area contributed by atoms with Gasteiger partial charge in [-0.25, -0.2) is 0 Å². The van der Waals surface area contributed by atoms with Gasteiger partial charge in [-0.1, -0.05) is 6.42 Å². The lowest BCUT2D eigenvalue weighted by Crippen LogP contribution is -2.18. The van der Waals surface area contributed by atoms with E-state index in [0.717, 1.165) is 6.42 Å². The monoisotopic (exact) mass is 168 g/mol. The predicted molar refractivity (Wildman–Crippen MR) is 45.9 cm³/mol. The average Bonchev–Trinajstić information content (AvgIpc) is 2.68. The van der Waals surface area contributed by atoms with Crippen LogP contribution in [0.5, 0.6) is 0 Å². The van der Waals surface area contributed by atoms with Gasteiger partial charge in [-0.3, -0.25) is 4.79 Å². The zero-order valence-corrected chi connectivity index (χ0v) is 7.38. The molecule has 0 bridgehead atoms. The molecule has 1 N–H and O–H groups in total. The zero-order chi connectivity index (χ0) is 8.60. The zero-order valence-electron chi connectivity index (χ0n) is 7.38. The van der Waals surface area contributed by atoms with E-state index in [2.05, 4.69) is 0 Å². The molecular weight excluding hydrogens is 152 g/mol. The third-order valence-corrected chi connectivity index (χ3v) is 3.46.